The largest absolute Gasteiger partial charge is 0.460 e. The summed E-state index contributed by atoms with van der Waals surface area (Å²) in [6.07, 6.45) is 0.218. The molecule has 1 N–H and O–H groups in total. The van der Waals surface area contributed by atoms with Gasteiger partial charge < -0.3 is 10.1 Å². The second-order valence-corrected chi connectivity index (χ2v) is 5.95. The number of amides is 1. The van der Waals surface area contributed by atoms with E-state index in [4.69, 9.17) is 4.74 Å². The molecule has 0 bridgehead atoms. The van der Waals surface area contributed by atoms with Crippen molar-refractivity contribution in [2.24, 2.45) is 0 Å². The molecule has 0 spiro atoms. The minimum atomic E-state index is -0.513. The summed E-state index contributed by atoms with van der Waals surface area (Å²) in [6.45, 7) is 9.36. The number of ether oxygens (including phenoxy) is 1. The van der Waals surface area contributed by atoms with E-state index in [1.807, 2.05) is 32.0 Å². The number of aryl methyl sites for hydroxylation is 2. The van der Waals surface area contributed by atoms with Crippen LogP contribution in [0.15, 0.2) is 18.2 Å². The number of hydrogen-bond donors (Lipinski definition) is 1. The van der Waals surface area contributed by atoms with Crippen LogP contribution in [0.3, 0.4) is 0 Å². The van der Waals surface area contributed by atoms with Crippen molar-refractivity contribution in [1.29, 1.82) is 0 Å². The maximum atomic E-state index is 11.8. The van der Waals surface area contributed by atoms with Crippen LogP contribution in [0.1, 0.15) is 44.7 Å². The Balaban J connectivity index is 2.46. The van der Waals surface area contributed by atoms with Gasteiger partial charge in [-0.15, -0.1) is 0 Å². The molecule has 110 valence electrons. The van der Waals surface area contributed by atoms with Gasteiger partial charge in [0.25, 0.3) is 0 Å². The van der Waals surface area contributed by atoms with Crippen molar-refractivity contribution in [3.8, 4) is 0 Å². The number of esters is 1. The highest BCUT2D eigenvalue weighted by molar-refractivity contribution is 5.93. The Morgan fingerprint density at radius 1 is 1.15 bits per heavy atom. The molecule has 1 aromatic carbocycles. The third kappa shape index (κ3) is 5.87. The first kappa shape index (κ1) is 16.2. The summed E-state index contributed by atoms with van der Waals surface area (Å²) < 4.78 is 5.16. The minimum Gasteiger partial charge on any atom is -0.460 e. The number of nitrogens with one attached hydrogen (secondary N) is 1. The van der Waals surface area contributed by atoms with E-state index in [-0.39, 0.29) is 24.7 Å². The fraction of sp³-hybridized carbons (Fsp3) is 0.500. The summed E-state index contributed by atoms with van der Waals surface area (Å²) in [5, 5.41) is 2.81. The van der Waals surface area contributed by atoms with E-state index in [9.17, 15) is 9.59 Å². The Morgan fingerprint density at radius 3 is 2.35 bits per heavy atom. The predicted octanol–water partition coefficient (Wildman–Crippen LogP) is 3.36. The van der Waals surface area contributed by atoms with Crippen LogP contribution in [0.25, 0.3) is 0 Å². The summed E-state index contributed by atoms with van der Waals surface area (Å²) in [7, 11) is 0. The van der Waals surface area contributed by atoms with Crippen molar-refractivity contribution < 1.29 is 14.3 Å². The molecule has 0 aliphatic carbocycles. The van der Waals surface area contributed by atoms with Crippen LogP contribution < -0.4 is 5.32 Å². The molecular formula is C16H23NO3. The molecule has 0 fully saturated rings. The molecule has 0 saturated heterocycles. The lowest BCUT2D eigenvalue weighted by Crippen LogP contribution is -2.24. The average molecular weight is 277 g/mol. The Kier molecular flexibility index (Phi) is 5.31. The summed E-state index contributed by atoms with van der Waals surface area (Å²) in [4.78, 5) is 23.3. The lowest BCUT2D eigenvalue weighted by molar-refractivity contribution is -0.155. The van der Waals surface area contributed by atoms with E-state index in [1.165, 1.54) is 0 Å². The average Bonchev–Trinajstić information content (AvgIpc) is 2.28. The summed E-state index contributed by atoms with van der Waals surface area (Å²) in [5.41, 5.74) is 2.43. The first-order valence-corrected chi connectivity index (χ1v) is 6.76. The summed E-state index contributed by atoms with van der Waals surface area (Å²) >= 11 is 0. The molecule has 1 aromatic rings. The van der Waals surface area contributed by atoms with Crippen LogP contribution in [0.4, 0.5) is 5.69 Å². The van der Waals surface area contributed by atoms with Gasteiger partial charge in [-0.25, -0.2) is 0 Å². The normalized spacial score (nSPS) is 11.1. The van der Waals surface area contributed by atoms with E-state index in [0.29, 0.717) is 0 Å². The number of carbonyl (C=O) groups excluding carboxylic acids is 2. The molecule has 20 heavy (non-hydrogen) atoms. The molecule has 0 heterocycles. The third-order valence-corrected chi connectivity index (χ3v) is 2.63. The van der Waals surface area contributed by atoms with Gasteiger partial charge in [0, 0.05) is 12.1 Å². The Bertz CT molecular complexity index is 501. The fourth-order valence-corrected chi connectivity index (χ4v) is 1.77. The third-order valence-electron chi connectivity index (χ3n) is 2.63. The Morgan fingerprint density at radius 2 is 1.80 bits per heavy atom. The molecule has 0 aliphatic rings. The molecule has 4 heteroatoms. The summed E-state index contributed by atoms with van der Waals surface area (Å²) in [6, 6.07) is 5.82. The molecule has 0 atom stereocenters. The Hall–Kier alpha value is -1.84. The zero-order valence-electron chi connectivity index (χ0n) is 12.9. The number of anilines is 1. The van der Waals surface area contributed by atoms with Crippen molar-refractivity contribution in [3.63, 3.8) is 0 Å². The monoisotopic (exact) mass is 277 g/mol. The van der Waals surface area contributed by atoms with Crippen molar-refractivity contribution in [1.82, 2.24) is 0 Å². The van der Waals surface area contributed by atoms with Gasteiger partial charge in [0.15, 0.2) is 0 Å². The fourth-order valence-electron chi connectivity index (χ4n) is 1.77. The van der Waals surface area contributed by atoms with Crippen LogP contribution in [-0.4, -0.2) is 17.5 Å². The van der Waals surface area contributed by atoms with Crippen molar-refractivity contribution >= 4 is 17.6 Å². The van der Waals surface area contributed by atoms with Crippen LogP contribution in [0.2, 0.25) is 0 Å². The van der Waals surface area contributed by atoms with E-state index < -0.39 is 5.60 Å². The maximum absolute atomic E-state index is 11.8. The molecule has 1 rings (SSSR count). The first-order chi connectivity index (χ1) is 9.17. The SMILES string of the molecule is Cc1ccc(NC(=O)CCC(=O)OC(C)(C)C)c(C)c1. The van der Waals surface area contributed by atoms with Crippen LogP contribution in [-0.2, 0) is 14.3 Å². The minimum absolute atomic E-state index is 0.0913. The van der Waals surface area contributed by atoms with Crippen molar-refractivity contribution in [3.05, 3.63) is 29.3 Å². The van der Waals surface area contributed by atoms with E-state index in [1.54, 1.807) is 20.8 Å². The second-order valence-electron chi connectivity index (χ2n) is 5.95. The predicted molar refractivity (Wildman–Crippen MR) is 79.6 cm³/mol. The molecule has 0 aliphatic heterocycles. The molecule has 1 amide bonds. The van der Waals surface area contributed by atoms with Gasteiger partial charge in [-0.05, 0) is 46.2 Å². The van der Waals surface area contributed by atoms with Crippen molar-refractivity contribution in [2.45, 2.75) is 53.1 Å². The molecule has 0 unspecified atom stereocenters. The lowest BCUT2D eigenvalue weighted by atomic mass is 10.1. The maximum Gasteiger partial charge on any atom is 0.306 e. The first-order valence-electron chi connectivity index (χ1n) is 6.76. The molecule has 0 saturated carbocycles. The van der Waals surface area contributed by atoms with Gasteiger partial charge in [-0.3, -0.25) is 9.59 Å². The second kappa shape index (κ2) is 6.55. The zero-order chi connectivity index (χ0) is 15.3. The Labute approximate surface area is 120 Å². The van der Waals surface area contributed by atoms with Crippen LogP contribution in [0, 0.1) is 13.8 Å². The van der Waals surface area contributed by atoms with E-state index >= 15 is 0 Å². The van der Waals surface area contributed by atoms with Gasteiger partial charge in [0.05, 0.1) is 6.42 Å². The highest BCUT2D eigenvalue weighted by atomic mass is 16.6. The summed E-state index contributed by atoms with van der Waals surface area (Å²) in [5.74, 6) is -0.531. The van der Waals surface area contributed by atoms with Gasteiger partial charge in [0.1, 0.15) is 5.60 Å². The number of benzene rings is 1. The zero-order valence-corrected chi connectivity index (χ0v) is 12.9. The van der Waals surface area contributed by atoms with Crippen LogP contribution in [0.5, 0.6) is 0 Å². The number of hydrogen-bond acceptors (Lipinski definition) is 3. The van der Waals surface area contributed by atoms with Gasteiger partial charge in [-0.2, -0.15) is 0 Å². The van der Waals surface area contributed by atoms with E-state index in [2.05, 4.69) is 5.32 Å². The van der Waals surface area contributed by atoms with E-state index in [0.717, 1.165) is 16.8 Å². The quantitative estimate of drug-likeness (QED) is 0.858. The molecule has 0 radical (unpaired) electrons. The van der Waals surface area contributed by atoms with Gasteiger partial charge in [0.2, 0.25) is 5.91 Å². The number of rotatable bonds is 4. The van der Waals surface area contributed by atoms with Crippen LogP contribution >= 0.6 is 0 Å². The molecule has 4 nitrogen and oxygen atoms in total. The topological polar surface area (TPSA) is 55.4 Å². The van der Waals surface area contributed by atoms with Gasteiger partial charge >= 0.3 is 5.97 Å². The lowest BCUT2D eigenvalue weighted by Gasteiger charge is -2.19. The molecular weight excluding hydrogens is 254 g/mol. The smallest absolute Gasteiger partial charge is 0.306 e. The number of carbonyl (C=O) groups is 2. The highest BCUT2D eigenvalue weighted by Gasteiger charge is 2.17. The highest BCUT2D eigenvalue weighted by Crippen LogP contribution is 2.16. The van der Waals surface area contributed by atoms with Gasteiger partial charge in [-0.1, -0.05) is 17.7 Å². The standard InChI is InChI=1S/C16H23NO3/c1-11-6-7-13(12(2)10-11)17-14(18)8-9-15(19)20-16(3,4)5/h6-7,10H,8-9H2,1-5H3,(H,17,18). The molecule has 0 aromatic heterocycles. The van der Waals surface area contributed by atoms with Crippen molar-refractivity contribution in [2.75, 3.05) is 5.32 Å².